The highest BCUT2D eigenvalue weighted by molar-refractivity contribution is 5.97. The molecule has 92 valence electrons. The fraction of sp³-hybridized carbons (Fsp3) is 0.0714. The van der Waals surface area contributed by atoms with E-state index in [-0.39, 0.29) is 5.84 Å². The van der Waals surface area contributed by atoms with Gasteiger partial charge in [0.15, 0.2) is 0 Å². The number of methoxy groups -OCH3 is 1. The number of ether oxygens (including phenoxy) is 2. The van der Waals surface area contributed by atoms with Crippen molar-refractivity contribution >= 4 is 5.84 Å². The summed E-state index contributed by atoms with van der Waals surface area (Å²) in [4.78, 5) is 0. The van der Waals surface area contributed by atoms with Crippen LogP contribution in [-0.2, 0) is 0 Å². The van der Waals surface area contributed by atoms with Gasteiger partial charge in [0.2, 0.25) is 0 Å². The van der Waals surface area contributed by atoms with E-state index in [0.29, 0.717) is 22.8 Å². The van der Waals surface area contributed by atoms with E-state index in [4.69, 9.17) is 20.6 Å². The van der Waals surface area contributed by atoms with Crippen molar-refractivity contribution in [1.82, 2.24) is 0 Å². The molecule has 2 rings (SSSR count). The lowest BCUT2D eigenvalue weighted by Crippen LogP contribution is -2.12. The first-order valence-corrected chi connectivity index (χ1v) is 5.46. The third kappa shape index (κ3) is 2.60. The SMILES string of the molecule is COc1cccc(Oc2ccccc2C(=N)N)c1. The zero-order chi connectivity index (χ0) is 13.0. The molecule has 0 saturated heterocycles. The van der Waals surface area contributed by atoms with Gasteiger partial charge in [-0.05, 0) is 24.3 Å². The summed E-state index contributed by atoms with van der Waals surface area (Å²) in [7, 11) is 1.60. The first kappa shape index (κ1) is 12.0. The summed E-state index contributed by atoms with van der Waals surface area (Å²) >= 11 is 0. The van der Waals surface area contributed by atoms with Crippen LogP contribution in [0.3, 0.4) is 0 Å². The average molecular weight is 242 g/mol. The predicted molar refractivity (Wildman–Crippen MR) is 70.5 cm³/mol. The Balaban J connectivity index is 2.31. The van der Waals surface area contributed by atoms with Gasteiger partial charge in [-0.15, -0.1) is 0 Å². The fourth-order valence-corrected chi connectivity index (χ4v) is 1.57. The van der Waals surface area contributed by atoms with E-state index in [0.717, 1.165) is 0 Å². The maximum Gasteiger partial charge on any atom is 0.138 e. The number of nitrogens with one attached hydrogen (secondary N) is 1. The Hall–Kier alpha value is -2.49. The second kappa shape index (κ2) is 5.23. The molecule has 0 aliphatic carbocycles. The van der Waals surface area contributed by atoms with Gasteiger partial charge in [0.25, 0.3) is 0 Å². The second-order valence-electron chi connectivity index (χ2n) is 3.69. The van der Waals surface area contributed by atoms with Gasteiger partial charge in [-0.1, -0.05) is 18.2 Å². The molecule has 0 aliphatic heterocycles. The molecule has 0 saturated carbocycles. The summed E-state index contributed by atoms with van der Waals surface area (Å²) in [5, 5.41) is 7.49. The van der Waals surface area contributed by atoms with Crippen molar-refractivity contribution in [2.24, 2.45) is 5.73 Å². The van der Waals surface area contributed by atoms with Gasteiger partial charge in [0, 0.05) is 6.07 Å². The van der Waals surface area contributed by atoms with Crippen LogP contribution in [0.4, 0.5) is 0 Å². The molecular weight excluding hydrogens is 228 g/mol. The molecule has 0 radical (unpaired) electrons. The van der Waals surface area contributed by atoms with Gasteiger partial charge in [-0.3, -0.25) is 5.41 Å². The molecule has 4 nitrogen and oxygen atoms in total. The van der Waals surface area contributed by atoms with E-state index in [1.54, 1.807) is 25.3 Å². The molecule has 2 aromatic carbocycles. The second-order valence-corrected chi connectivity index (χ2v) is 3.69. The predicted octanol–water partition coefficient (Wildman–Crippen LogP) is 2.77. The summed E-state index contributed by atoms with van der Waals surface area (Å²) in [6.45, 7) is 0. The molecule has 0 amide bonds. The Morgan fingerprint density at radius 2 is 1.78 bits per heavy atom. The fourth-order valence-electron chi connectivity index (χ4n) is 1.57. The van der Waals surface area contributed by atoms with Crippen molar-refractivity contribution in [3.63, 3.8) is 0 Å². The molecule has 0 aliphatic rings. The third-order valence-corrected chi connectivity index (χ3v) is 2.45. The molecule has 0 spiro atoms. The minimum atomic E-state index is -0.0199. The van der Waals surface area contributed by atoms with Crippen molar-refractivity contribution in [2.45, 2.75) is 0 Å². The van der Waals surface area contributed by atoms with Gasteiger partial charge in [0.05, 0.1) is 12.7 Å². The standard InChI is InChI=1S/C14H14N2O2/c1-17-10-5-4-6-11(9-10)18-13-8-3-2-7-12(13)14(15)16/h2-9H,1H3,(H3,15,16). The Kier molecular flexibility index (Phi) is 3.48. The Labute approximate surface area is 105 Å². The number of rotatable bonds is 4. The van der Waals surface area contributed by atoms with E-state index in [9.17, 15) is 0 Å². The molecule has 0 heterocycles. The molecule has 0 fully saturated rings. The Morgan fingerprint density at radius 1 is 1.06 bits per heavy atom. The average Bonchev–Trinajstić information content (AvgIpc) is 2.39. The normalized spacial score (nSPS) is 9.83. The summed E-state index contributed by atoms with van der Waals surface area (Å²) in [6.07, 6.45) is 0. The van der Waals surface area contributed by atoms with Crippen LogP contribution in [-0.4, -0.2) is 12.9 Å². The van der Waals surface area contributed by atoms with Gasteiger partial charge in [-0.2, -0.15) is 0 Å². The van der Waals surface area contributed by atoms with Gasteiger partial charge < -0.3 is 15.2 Å². The smallest absolute Gasteiger partial charge is 0.138 e. The van der Waals surface area contributed by atoms with Crippen LogP contribution in [0.2, 0.25) is 0 Å². The van der Waals surface area contributed by atoms with Crippen molar-refractivity contribution in [2.75, 3.05) is 7.11 Å². The van der Waals surface area contributed by atoms with E-state index in [1.165, 1.54) is 0 Å². The maximum absolute atomic E-state index is 7.49. The summed E-state index contributed by atoms with van der Waals surface area (Å²) in [6, 6.07) is 14.4. The van der Waals surface area contributed by atoms with Crippen molar-refractivity contribution in [3.8, 4) is 17.2 Å². The van der Waals surface area contributed by atoms with Crippen LogP contribution in [0.15, 0.2) is 48.5 Å². The topological polar surface area (TPSA) is 68.3 Å². The highest BCUT2D eigenvalue weighted by atomic mass is 16.5. The van der Waals surface area contributed by atoms with Crippen molar-refractivity contribution in [3.05, 3.63) is 54.1 Å². The lowest BCUT2D eigenvalue weighted by atomic mass is 10.2. The third-order valence-electron chi connectivity index (χ3n) is 2.45. The van der Waals surface area contributed by atoms with Crippen molar-refractivity contribution in [1.29, 1.82) is 5.41 Å². The molecular formula is C14H14N2O2. The van der Waals surface area contributed by atoms with E-state index in [2.05, 4.69) is 0 Å². The number of hydrogen-bond donors (Lipinski definition) is 2. The van der Waals surface area contributed by atoms with Gasteiger partial charge >= 0.3 is 0 Å². The largest absolute Gasteiger partial charge is 0.497 e. The monoisotopic (exact) mass is 242 g/mol. The van der Waals surface area contributed by atoms with Gasteiger partial charge in [0.1, 0.15) is 23.1 Å². The number of nitrogen functional groups attached to an aromatic ring is 1. The molecule has 3 N–H and O–H groups in total. The number of nitrogens with two attached hydrogens (primary N) is 1. The number of hydrogen-bond acceptors (Lipinski definition) is 3. The Bertz CT molecular complexity index is 567. The first-order chi connectivity index (χ1) is 8.70. The minimum Gasteiger partial charge on any atom is -0.497 e. The zero-order valence-electron chi connectivity index (χ0n) is 10.0. The highest BCUT2D eigenvalue weighted by Crippen LogP contribution is 2.27. The van der Waals surface area contributed by atoms with Crippen LogP contribution in [0.25, 0.3) is 0 Å². The molecule has 18 heavy (non-hydrogen) atoms. The number of amidine groups is 1. The van der Waals surface area contributed by atoms with Crippen LogP contribution in [0.1, 0.15) is 5.56 Å². The van der Waals surface area contributed by atoms with E-state index in [1.807, 2.05) is 30.3 Å². The molecule has 2 aromatic rings. The minimum absolute atomic E-state index is 0.0199. The summed E-state index contributed by atoms with van der Waals surface area (Å²) in [5.74, 6) is 1.89. The summed E-state index contributed by atoms with van der Waals surface area (Å²) in [5.41, 5.74) is 6.07. The highest BCUT2D eigenvalue weighted by Gasteiger charge is 2.07. The molecule has 0 unspecified atom stereocenters. The lowest BCUT2D eigenvalue weighted by Gasteiger charge is -2.10. The van der Waals surface area contributed by atoms with Crippen LogP contribution in [0, 0.1) is 5.41 Å². The Morgan fingerprint density at radius 3 is 2.50 bits per heavy atom. The maximum atomic E-state index is 7.49. The van der Waals surface area contributed by atoms with Gasteiger partial charge in [-0.25, -0.2) is 0 Å². The quantitative estimate of drug-likeness (QED) is 0.639. The molecule has 4 heteroatoms. The zero-order valence-corrected chi connectivity index (χ0v) is 10.0. The van der Waals surface area contributed by atoms with E-state index < -0.39 is 0 Å². The van der Waals surface area contributed by atoms with Crippen LogP contribution < -0.4 is 15.2 Å². The molecule has 0 bridgehead atoms. The molecule has 0 atom stereocenters. The first-order valence-electron chi connectivity index (χ1n) is 5.46. The lowest BCUT2D eigenvalue weighted by molar-refractivity contribution is 0.409. The summed E-state index contributed by atoms with van der Waals surface area (Å²) < 4.78 is 10.8. The number of benzene rings is 2. The number of para-hydroxylation sites is 1. The van der Waals surface area contributed by atoms with Crippen LogP contribution in [0.5, 0.6) is 17.2 Å². The van der Waals surface area contributed by atoms with Crippen LogP contribution >= 0.6 is 0 Å². The van der Waals surface area contributed by atoms with E-state index >= 15 is 0 Å². The molecule has 0 aromatic heterocycles. The van der Waals surface area contributed by atoms with Crippen molar-refractivity contribution < 1.29 is 9.47 Å².